The number of carbonyl (C=O) groups is 3. The molecule has 3 amide bonds. The Labute approximate surface area is 177 Å². The predicted octanol–water partition coefficient (Wildman–Crippen LogP) is 0.222. The van der Waals surface area contributed by atoms with Gasteiger partial charge in [-0.3, -0.25) is 14.4 Å². The Hall–Kier alpha value is -2.45. The first kappa shape index (κ1) is 23.8. The fourth-order valence-electron chi connectivity index (χ4n) is 3.50. The van der Waals surface area contributed by atoms with Gasteiger partial charge in [-0.05, 0) is 31.2 Å². The van der Waals surface area contributed by atoms with Gasteiger partial charge in [-0.25, -0.2) is 0 Å². The van der Waals surface area contributed by atoms with Gasteiger partial charge in [-0.1, -0.05) is 43.2 Å². The third-order valence-electron chi connectivity index (χ3n) is 5.45. The molecule has 0 aromatic heterocycles. The van der Waals surface area contributed by atoms with Gasteiger partial charge in [-0.2, -0.15) is 0 Å². The molecule has 8 nitrogen and oxygen atoms in total. The molecule has 2 atom stereocenters. The number of aliphatic hydroxyl groups is 2. The first-order valence-corrected chi connectivity index (χ1v) is 10.6. The van der Waals surface area contributed by atoms with Gasteiger partial charge < -0.3 is 25.7 Å². The molecule has 4 N–H and O–H groups in total. The summed E-state index contributed by atoms with van der Waals surface area (Å²) in [5.41, 5.74) is 1.05. The molecule has 0 saturated heterocycles. The van der Waals surface area contributed by atoms with Gasteiger partial charge in [0.1, 0.15) is 0 Å². The summed E-state index contributed by atoms with van der Waals surface area (Å²) >= 11 is 0. The zero-order valence-electron chi connectivity index (χ0n) is 17.5. The summed E-state index contributed by atoms with van der Waals surface area (Å²) in [6, 6.07) is 9.58. The van der Waals surface area contributed by atoms with E-state index in [-0.39, 0.29) is 18.4 Å². The minimum absolute atomic E-state index is 0.0541. The molecule has 8 heteroatoms. The van der Waals surface area contributed by atoms with Gasteiger partial charge in [0.25, 0.3) is 11.8 Å². The molecule has 1 fully saturated rings. The predicted molar refractivity (Wildman–Crippen MR) is 112 cm³/mol. The monoisotopic (exact) mass is 419 g/mol. The minimum atomic E-state index is -1.84. The molecular weight excluding hydrogens is 386 g/mol. The normalized spacial score (nSPS) is 16.0. The van der Waals surface area contributed by atoms with Crippen molar-refractivity contribution in [3.8, 4) is 0 Å². The molecule has 0 bridgehead atoms. The van der Waals surface area contributed by atoms with Gasteiger partial charge in [0, 0.05) is 32.6 Å². The first-order chi connectivity index (χ1) is 14.4. The van der Waals surface area contributed by atoms with E-state index in [0.29, 0.717) is 25.9 Å². The average Bonchev–Trinajstić information content (AvgIpc) is 3.31. The second-order valence-corrected chi connectivity index (χ2v) is 7.80. The van der Waals surface area contributed by atoms with E-state index < -0.39 is 24.0 Å². The maximum Gasteiger partial charge on any atom is 0.254 e. The minimum Gasteiger partial charge on any atom is -0.380 e. The van der Waals surface area contributed by atoms with Crippen molar-refractivity contribution in [2.75, 3.05) is 26.7 Å². The fourth-order valence-corrected chi connectivity index (χ4v) is 3.50. The molecule has 1 aromatic carbocycles. The van der Waals surface area contributed by atoms with Crippen molar-refractivity contribution in [3.63, 3.8) is 0 Å². The van der Waals surface area contributed by atoms with Crippen molar-refractivity contribution < 1.29 is 24.6 Å². The van der Waals surface area contributed by atoms with E-state index in [9.17, 15) is 24.6 Å². The van der Waals surface area contributed by atoms with E-state index in [4.69, 9.17) is 0 Å². The molecule has 0 aliphatic heterocycles. The summed E-state index contributed by atoms with van der Waals surface area (Å²) in [5.74, 6) is -1.37. The van der Waals surface area contributed by atoms with Crippen LogP contribution < -0.4 is 10.6 Å². The van der Waals surface area contributed by atoms with E-state index in [1.165, 1.54) is 11.9 Å². The molecule has 1 saturated carbocycles. The van der Waals surface area contributed by atoms with Gasteiger partial charge in [0.05, 0.1) is 0 Å². The highest BCUT2D eigenvalue weighted by Gasteiger charge is 2.32. The highest BCUT2D eigenvalue weighted by Crippen LogP contribution is 2.24. The van der Waals surface area contributed by atoms with E-state index in [0.717, 1.165) is 31.2 Å². The molecule has 1 aliphatic carbocycles. The van der Waals surface area contributed by atoms with Crippen LogP contribution in [0, 0.1) is 5.92 Å². The molecule has 2 rings (SSSR count). The highest BCUT2D eigenvalue weighted by molar-refractivity contribution is 5.90. The summed E-state index contributed by atoms with van der Waals surface area (Å²) in [6.45, 7) is 1.01. The molecule has 0 heterocycles. The summed E-state index contributed by atoms with van der Waals surface area (Å²) in [6.07, 6.45) is 1.48. The zero-order chi connectivity index (χ0) is 21.9. The third kappa shape index (κ3) is 7.42. The molecular formula is C22H33N3O5. The van der Waals surface area contributed by atoms with Crippen LogP contribution in [0.15, 0.2) is 30.3 Å². The number of rotatable bonds is 11. The Morgan fingerprint density at radius 1 is 1.03 bits per heavy atom. The molecule has 0 radical (unpaired) electrons. The van der Waals surface area contributed by atoms with Gasteiger partial charge in [0.2, 0.25) is 5.91 Å². The molecule has 1 aliphatic rings. The Morgan fingerprint density at radius 3 is 2.33 bits per heavy atom. The van der Waals surface area contributed by atoms with E-state index in [1.807, 2.05) is 30.3 Å². The van der Waals surface area contributed by atoms with Crippen LogP contribution in [0.1, 0.15) is 37.7 Å². The van der Waals surface area contributed by atoms with Crippen molar-refractivity contribution in [2.45, 2.75) is 50.7 Å². The first-order valence-electron chi connectivity index (χ1n) is 10.6. The number of nitrogens with zero attached hydrogens (tertiary/aromatic N) is 1. The number of nitrogens with one attached hydrogen (secondary N) is 2. The van der Waals surface area contributed by atoms with Crippen LogP contribution in [0.25, 0.3) is 0 Å². The van der Waals surface area contributed by atoms with Crippen molar-refractivity contribution in [3.05, 3.63) is 35.9 Å². The number of aliphatic hydroxyl groups excluding tert-OH is 2. The topological polar surface area (TPSA) is 119 Å². The molecule has 0 spiro atoms. The lowest BCUT2D eigenvalue weighted by Gasteiger charge is -2.23. The Morgan fingerprint density at radius 2 is 1.67 bits per heavy atom. The number of benzene rings is 1. The zero-order valence-corrected chi connectivity index (χ0v) is 17.5. The van der Waals surface area contributed by atoms with Crippen LogP contribution in [-0.2, 0) is 20.8 Å². The van der Waals surface area contributed by atoms with E-state index in [2.05, 4.69) is 10.6 Å². The molecule has 0 unspecified atom stereocenters. The van der Waals surface area contributed by atoms with Crippen LogP contribution in [0.4, 0.5) is 0 Å². The van der Waals surface area contributed by atoms with Crippen LogP contribution >= 0.6 is 0 Å². The van der Waals surface area contributed by atoms with Crippen LogP contribution in [-0.4, -0.2) is 71.7 Å². The van der Waals surface area contributed by atoms with Crippen LogP contribution in [0.5, 0.6) is 0 Å². The number of amides is 3. The summed E-state index contributed by atoms with van der Waals surface area (Å²) < 4.78 is 0. The lowest BCUT2D eigenvalue weighted by Crippen LogP contribution is -2.50. The maximum atomic E-state index is 12.3. The Balaban J connectivity index is 1.64. The average molecular weight is 420 g/mol. The van der Waals surface area contributed by atoms with Crippen molar-refractivity contribution in [1.29, 1.82) is 0 Å². The number of carbonyl (C=O) groups excluding carboxylic acids is 3. The largest absolute Gasteiger partial charge is 0.380 e. The number of hydrogen-bond acceptors (Lipinski definition) is 5. The molecule has 166 valence electrons. The van der Waals surface area contributed by atoms with Crippen molar-refractivity contribution in [2.24, 2.45) is 5.92 Å². The number of likely N-dealkylation sites (N-methyl/N-ethyl adjacent to an activating group) is 1. The smallest absolute Gasteiger partial charge is 0.254 e. The lowest BCUT2D eigenvalue weighted by atomic mass is 10.1. The van der Waals surface area contributed by atoms with Crippen molar-refractivity contribution >= 4 is 17.7 Å². The van der Waals surface area contributed by atoms with Crippen LogP contribution in [0.3, 0.4) is 0 Å². The third-order valence-corrected chi connectivity index (χ3v) is 5.45. The summed E-state index contributed by atoms with van der Waals surface area (Å²) in [7, 11) is 1.52. The summed E-state index contributed by atoms with van der Waals surface area (Å²) in [5, 5.41) is 25.4. The Bertz CT molecular complexity index is 691. The van der Waals surface area contributed by atoms with Gasteiger partial charge in [-0.15, -0.1) is 0 Å². The summed E-state index contributed by atoms with van der Waals surface area (Å²) in [4.78, 5) is 37.5. The van der Waals surface area contributed by atoms with Gasteiger partial charge >= 0.3 is 0 Å². The fraction of sp³-hybridized carbons (Fsp3) is 0.591. The molecule has 30 heavy (non-hydrogen) atoms. The quantitative estimate of drug-likeness (QED) is 0.383. The molecule has 1 aromatic rings. The maximum absolute atomic E-state index is 12.3. The Kier molecular flexibility index (Phi) is 9.76. The lowest BCUT2D eigenvalue weighted by molar-refractivity contribution is -0.152. The number of hydrogen-bond donors (Lipinski definition) is 4. The SMILES string of the molecule is CN(CCc1ccccc1)C(=O)[C@H](O)[C@@H](O)C(=O)NCCCNC(=O)C1CCCC1. The van der Waals surface area contributed by atoms with Crippen LogP contribution in [0.2, 0.25) is 0 Å². The van der Waals surface area contributed by atoms with E-state index >= 15 is 0 Å². The second kappa shape index (κ2) is 12.3. The van der Waals surface area contributed by atoms with Crippen molar-refractivity contribution in [1.82, 2.24) is 15.5 Å². The standard InChI is InChI=1S/C22H33N3O5/c1-25(15-12-16-8-3-2-4-9-16)22(30)19(27)18(26)21(29)24-14-7-13-23-20(28)17-10-5-6-11-17/h2-4,8-9,17-19,26-27H,5-7,10-15H2,1H3,(H,23,28)(H,24,29)/t18-,19-/m1/s1. The van der Waals surface area contributed by atoms with E-state index in [1.54, 1.807) is 0 Å². The second-order valence-electron chi connectivity index (χ2n) is 7.80. The van der Waals surface area contributed by atoms with Gasteiger partial charge in [0.15, 0.2) is 12.2 Å². The highest BCUT2D eigenvalue weighted by atomic mass is 16.3.